The Morgan fingerprint density at radius 3 is 2.79 bits per heavy atom. The van der Waals surface area contributed by atoms with E-state index in [1.807, 2.05) is 0 Å². The molecule has 1 N–H and O–H groups in total. The number of rotatable bonds is 4. The SMILES string of the molecule is CN(C)C(=O)c1ccc(NCC2(C)CCCO2)nn1. The molecule has 6 nitrogen and oxygen atoms in total. The molecule has 1 unspecified atom stereocenters. The lowest BCUT2D eigenvalue weighted by molar-refractivity contribution is 0.0314. The van der Waals surface area contributed by atoms with Gasteiger partial charge in [0.1, 0.15) is 5.82 Å². The molecule has 1 amide bonds. The number of hydrogen-bond donors (Lipinski definition) is 1. The third-order valence-corrected chi connectivity index (χ3v) is 3.23. The number of carbonyl (C=O) groups excluding carboxylic acids is 1. The van der Waals surface area contributed by atoms with Crippen LogP contribution in [-0.2, 0) is 4.74 Å². The number of aromatic nitrogens is 2. The van der Waals surface area contributed by atoms with Crippen molar-refractivity contribution in [2.75, 3.05) is 32.6 Å². The van der Waals surface area contributed by atoms with Crippen LogP contribution >= 0.6 is 0 Å². The van der Waals surface area contributed by atoms with Crippen molar-refractivity contribution in [3.05, 3.63) is 17.8 Å². The molecular formula is C13H20N4O2. The van der Waals surface area contributed by atoms with Crippen molar-refractivity contribution in [2.45, 2.75) is 25.4 Å². The van der Waals surface area contributed by atoms with Gasteiger partial charge in [-0.1, -0.05) is 0 Å². The number of nitrogens with zero attached hydrogens (tertiary/aromatic N) is 3. The van der Waals surface area contributed by atoms with Crippen LogP contribution in [0.5, 0.6) is 0 Å². The summed E-state index contributed by atoms with van der Waals surface area (Å²) >= 11 is 0. The zero-order chi connectivity index (χ0) is 13.9. The Balaban J connectivity index is 1.93. The van der Waals surface area contributed by atoms with Crippen molar-refractivity contribution in [3.8, 4) is 0 Å². The monoisotopic (exact) mass is 264 g/mol. The van der Waals surface area contributed by atoms with Gasteiger partial charge in [0, 0.05) is 27.2 Å². The lowest BCUT2D eigenvalue weighted by Crippen LogP contribution is -2.32. The summed E-state index contributed by atoms with van der Waals surface area (Å²) in [6.07, 6.45) is 2.14. The van der Waals surface area contributed by atoms with Gasteiger partial charge in [-0.2, -0.15) is 0 Å². The van der Waals surface area contributed by atoms with Crippen LogP contribution in [0.25, 0.3) is 0 Å². The molecule has 104 valence electrons. The molecule has 1 aromatic heterocycles. The predicted molar refractivity (Wildman–Crippen MR) is 72.1 cm³/mol. The molecule has 0 radical (unpaired) electrons. The fourth-order valence-corrected chi connectivity index (χ4v) is 2.02. The van der Waals surface area contributed by atoms with Crippen LogP contribution in [0.15, 0.2) is 12.1 Å². The van der Waals surface area contributed by atoms with E-state index in [2.05, 4.69) is 22.4 Å². The van der Waals surface area contributed by atoms with Gasteiger partial charge in [-0.15, -0.1) is 10.2 Å². The van der Waals surface area contributed by atoms with E-state index >= 15 is 0 Å². The van der Waals surface area contributed by atoms with E-state index in [1.165, 1.54) is 4.90 Å². The van der Waals surface area contributed by atoms with Gasteiger partial charge in [-0.05, 0) is 31.9 Å². The summed E-state index contributed by atoms with van der Waals surface area (Å²) in [5, 5.41) is 11.1. The quantitative estimate of drug-likeness (QED) is 0.884. The molecule has 0 aromatic carbocycles. The summed E-state index contributed by atoms with van der Waals surface area (Å²) in [5.41, 5.74) is 0.221. The summed E-state index contributed by atoms with van der Waals surface area (Å²) in [6.45, 7) is 3.60. The van der Waals surface area contributed by atoms with E-state index < -0.39 is 0 Å². The molecule has 0 aliphatic carbocycles. The molecule has 0 spiro atoms. The first-order valence-corrected chi connectivity index (χ1v) is 6.43. The highest BCUT2D eigenvalue weighted by Crippen LogP contribution is 2.24. The normalized spacial score (nSPS) is 22.3. The number of anilines is 1. The molecule has 1 atom stereocenters. The molecule has 19 heavy (non-hydrogen) atoms. The van der Waals surface area contributed by atoms with Crippen molar-refractivity contribution in [3.63, 3.8) is 0 Å². The minimum absolute atomic E-state index is 0.125. The maximum Gasteiger partial charge on any atom is 0.273 e. The molecule has 0 saturated carbocycles. The molecule has 6 heteroatoms. The van der Waals surface area contributed by atoms with Gasteiger partial charge in [0.15, 0.2) is 5.69 Å². The van der Waals surface area contributed by atoms with E-state index in [1.54, 1.807) is 26.2 Å². The minimum Gasteiger partial charge on any atom is -0.373 e. The van der Waals surface area contributed by atoms with Crippen LogP contribution < -0.4 is 5.32 Å². The van der Waals surface area contributed by atoms with Crippen molar-refractivity contribution >= 4 is 11.7 Å². The number of hydrogen-bond acceptors (Lipinski definition) is 5. The summed E-state index contributed by atoms with van der Waals surface area (Å²) in [6, 6.07) is 3.44. The van der Waals surface area contributed by atoms with Gasteiger partial charge in [-0.25, -0.2) is 0 Å². The molecular weight excluding hydrogens is 244 g/mol. The maximum atomic E-state index is 11.7. The van der Waals surface area contributed by atoms with E-state index in [-0.39, 0.29) is 11.5 Å². The molecule has 1 saturated heterocycles. The number of amides is 1. The van der Waals surface area contributed by atoms with Crippen molar-refractivity contribution in [1.82, 2.24) is 15.1 Å². The zero-order valence-electron chi connectivity index (χ0n) is 11.6. The van der Waals surface area contributed by atoms with Crippen molar-refractivity contribution < 1.29 is 9.53 Å². The summed E-state index contributed by atoms with van der Waals surface area (Å²) in [5.74, 6) is 0.511. The first kappa shape index (κ1) is 13.7. The second-order valence-corrected chi connectivity index (χ2v) is 5.26. The Morgan fingerprint density at radius 2 is 2.26 bits per heavy atom. The number of nitrogens with one attached hydrogen (secondary N) is 1. The van der Waals surface area contributed by atoms with Gasteiger partial charge in [0.2, 0.25) is 0 Å². The highest BCUT2D eigenvalue weighted by molar-refractivity contribution is 5.91. The third-order valence-electron chi connectivity index (χ3n) is 3.23. The van der Waals surface area contributed by atoms with Gasteiger partial charge in [0.05, 0.1) is 5.60 Å². The molecule has 0 bridgehead atoms. The smallest absolute Gasteiger partial charge is 0.273 e. The Bertz CT molecular complexity index is 438. The average Bonchev–Trinajstić information content (AvgIpc) is 2.83. The Kier molecular flexibility index (Phi) is 3.99. The van der Waals surface area contributed by atoms with Crippen LogP contribution in [0.4, 0.5) is 5.82 Å². The summed E-state index contributed by atoms with van der Waals surface area (Å²) in [7, 11) is 3.38. The van der Waals surface area contributed by atoms with Crippen molar-refractivity contribution in [1.29, 1.82) is 0 Å². The van der Waals surface area contributed by atoms with Crippen LogP contribution in [-0.4, -0.2) is 53.9 Å². The van der Waals surface area contributed by atoms with Gasteiger partial charge < -0.3 is 15.0 Å². The molecule has 2 rings (SSSR count). The van der Waals surface area contributed by atoms with E-state index in [0.29, 0.717) is 18.1 Å². The maximum absolute atomic E-state index is 11.7. The highest BCUT2D eigenvalue weighted by atomic mass is 16.5. The van der Waals surface area contributed by atoms with Crippen LogP contribution in [0.2, 0.25) is 0 Å². The van der Waals surface area contributed by atoms with Crippen molar-refractivity contribution in [2.24, 2.45) is 0 Å². The number of ether oxygens (including phenoxy) is 1. The second-order valence-electron chi connectivity index (χ2n) is 5.26. The lowest BCUT2D eigenvalue weighted by Gasteiger charge is -2.23. The molecule has 1 fully saturated rings. The van der Waals surface area contributed by atoms with E-state index in [9.17, 15) is 4.79 Å². The van der Waals surface area contributed by atoms with E-state index in [4.69, 9.17) is 4.74 Å². The second kappa shape index (κ2) is 5.52. The Hall–Kier alpha value is -1.69. The first-order valence-electron chi connectivity index (χ1n) is 6.43. The molecule has 1 aliphatic heterocycles. The molecule has 1 aromatic rings. The highest BCUT2D eigenvalue weighted by Gasteiger charge is 2.29. The molecule has 2 heterocycles. The van der Waals surface area contributed by atoms with Crippen LogP contribution in [0.3, 0.4) is 0 Å². The van der Waals surface area contributed by atoms with Gasteiger partial charge >= 0.3 is 0 Å². The summed E-state index contributed by atoms with van der Waals surface area (Å²) in [4.78, 5) is 13.1. The largest absolute Gasteiger partial charge is 0.373 e. The zero-order valence-corrected chi connectivity index (χ0v) is 11.6. The topological polar surface area (TPSA) is 67.4 Å². The van der Waals surface area contributed by atoms with Crippen LogP contribution in [0, 0.1) is 0 Å². The van der Waals surface area contributed by atoms with E-state index in [0.717, 1.165) is 19.4 Å². The fourth-order valence-electron chi connectivity index (χ4n) is 2.02. The third kappa shape index (κ3) is 3.41. The van der Waals surface area contributed by atoms with Gasteiger partial charge in [-0.3, -0.25) is 4.79 Å². The first-order chi connectivity index (χ1) is 9.00. The molecule has 1 aliphatic rings. The standard InChI is InChI=1S/C13H20N4O2/c1-13(7-4-8-19-13)9-14-11-6-5-10(15-16-11)12(18)17(2)3/h5-6H,4,7-9H2,1-3H3,(H,14,16). The Labute approximate surface area is 113 Å². The number of carbonyl (C=O) groups is 1. The predicted octanol–water partition coefficient (Wildman–Crippen LogP) is 1.16. The summed E-state index contributed by atoms with van der Waals surface area (Å²) < 4.78 is 5.68. The average molecular weight is 264 g/mol. The minimum atomic E-state index is -0.148. The Morgan fingerprint density at radius 1 is 1.47 bits per heavy atom. The lowest BCUT2D eigenvalue weighted by atomic mass is 10.0. The fraction of sp³-hybridized carbons (Fsp3) is 0.615. The van der Waals surface area contributed by atoms with Crippen LogP contribution in [0.1, 0.15) is 30.3 Å². The van der Waals surface area contributed by atoms with Gasteiger partial charge in [0.25, 0.3) is 5.91 Å².